The summed E-state index contributed by atoms with van der Waals surface area (Å²) < 4.78 is 10.3. The number of esters is 1. The molecule has 0 bridgehead atoms. The van der Waals surface area contributed by atoms with Crippen LogP contribution < -0.4 is 0 Å². The van der Waals surface area contributed by atoms with Crippen LogP contribution in [-0.4, -0.2) is 18.1 Å². The monoisotopic (exact) mass is 327 g/mol. The minimum atomic E-state index is -0.520. The Labute approximate surface area is 127 Å². The second-order valence-electron chi connectivity index (χ2n) is 3.90. The third-order valence-electron chi connectivity index (χ3n) is 2.66. The molecule has 4 nitrogen and oxygen atoms in total. The van der Waals surface area contributed by atoms with Crippen LogP contribution in [0.1, 0.15) is 9.67 Å². The Morgan fingerprint density at radius 3 is 2.90 bits per heavy atom. The molecule has 0 saturated carbocycles. The zero-order chi connectivity index (χ0) is 14.3. The highest BCUT2D eigenvalue weighted by Crippen LogP contribution is 2.36. The summed E-state index contributed by atoms with van der Waals surface area (Å²) in [6.45, 7) is 0. The van der Waals surface area contributed by atoms with Gasteiger partial charge in [-0.1, -0.05) is 35.3 Å². The largest absolute Gasteiger partial charge is 0.465 e. The lowest BCUT2D eigenvalue weighted by molar-refractivity contribution is 0.0606. The van der Waals surface area contributed by atoms with Crippen LogP contribution in [0.3, 0.4) is 0 Å². The number of para-hydroxylation sites is 1. The summed E-state index contributed by atoms with van der Waals surface area (Å²) >= 11 is 13.1. The first-order valence-electron chi connectivity index (χ1n) is 5.53. The fourth-order valence-corrected chi connectivity index (χ4v) is 3.13. The van der Waals surface area contributed by atoms with E-state index in [0.717, 1.165) is 16.7 Å². The van der Waals surface area contributed by atoms with E-state index in [9.17, 15) is 4.79 Å². The van der Waals surface area contributed by atoms with E-state index in [1.54, 1.807) is 12.1 Å². The van der Waals surface area contributed by atoms with Gasteiger partial charge in [-0.05, 0) is 12.1 Å². The number of thiazole rings is 1. The molecule has 0 aliphatic carbocycles. The average Bonchev–Trinajstić information content (AvgIpc) is 3.02. The van der Waals surface area contributed by atoms with E-state index in [1.807, 2.05) is 12.1 Å². The Hall–Kier alpha value is -1.56. The van der Waals surface area contributed by atoms with Gasteiger partial charge in [0.2, 0.25) is 0 Å². The maximum atomic E-state index is 11.5. The molecule has 0 saturated heterocycles. The molecule has 0 radical (unpaired) electrons. The lowest BCUT2D eigenvalue weighted by Gasteiger charge is -1.92. The summed E-state index contributed by atoms with van der Waals surface area (Å²) in [5.74, 6) is -0.0111. The topological polar surface area (TPSA) is 52.3 Å². The van der Waals surface area contributed by atoms with Gasteiger partial charge in [0.15, 0.2) is 26.4 Å². The van der Waals surface area contributed by atoms with Crippen LogP contribution in [-0.2, 0) is 4.74 Å². The number of hydrogen-bond donors (Lipinski definition) is 0. The molecular weight excluding hydrogens is 321 g/mol. The Balaban J connectivity index is 2.11. The van der Waals surface area contributed by atoms with Gasteiger partial charge in [-0.2, -0.15) is 0 Å². The molecule has 0 N–H and O–H groups in total. The predicted octanol–water partition coefficient (Wildman–Crippen LogP) is 4.65. The van der Waals surface area contributed by atoms with Crippen molar-refractivity contribution >= 4 is 51.5 Å². The van der Waals surface area contributed by atoms with Crippen molar-refractivity contribution in [2.24, 2.45) is 0 Å². The van der Waals surface area contributed by atoms with Crippen molar-refractivity contribution in [3.63, 3.8) is 0 Å². The van der Waals surface area contributed by atoms with Crippen LogP contribution in [0.4, 0.5) is 0 Å². The normalized spacial score (nSPS) is 10.9. The van der Waals surface area contributed by atoms with Crippen LogP contribution in [0.25, 0.3) is 21.7 Å². The van der Waals surface area contributed by atoms with Gasteiger partial charge in [-0.3, -0.25) is 0 Å². The number of ether oxygens (including phenoxy) is 1. The quantitative estimate of drug-likeness (QED) is 0.643. The van der Waals surface area contributed by atoms with Crippen LogP contribution in [0, 0.1) is 0 Å². The zero-order valence-corrected chi connectivity index (χ0v) is 12.5. The first-order valence-corrected chi connectivity index (χ1v) is 7.10. The number of furan rings is 1. The summed E-state index contributed by atoms with van der Waals surface area (Å²) in [5, 5.41) is 1.98. The maximum absolute atomic E-state index is 11.5. The second kappa shape index (κ2) is 5.09. The predicted molar refractivity (Wildman–Crippen MR) is 78.7 cm³/mol. The van der Waals surface area contributed by atoms with Gasteiger partial charge in [0.25, 0.3) is 0 Å². The number of hydrogen-bond acceptors (Lipinski definition) is 5. The molecule has 7 heteroatoms. The van der Waals surface area contributed by atoms with Crippen molar-refractivity contribution < 1.29 is 13.9 Å². The summed E-state index contributed by atoms with van der Waals surface area (Å²) in [4.78, 5) is 15.9. The third kappa shape index (κ3) is 2.18. The molecule has 1 aromatic carbocycles. The SMILES string of the molecule is COC(=O)c1sc(-c2cc3cccc(Cl)c3o2)nc1Cl. The van der Waals surface area contributed by atoms with Gasteiger partial charge >= 0.3 is 5.97 Å². The summed E-state index contributed by atoms with van der Waals surface area (Å²) in [6, 6.07) is 7.26. The van der Waals surface area contributed by atoms with Gasteiger partial charge < -0.3 is 9.15 Å². The van der Waals surface area contributed by atoms with Crippen LogP contribution in [0.2, 0.25) is 10.2 Å². The standard InChI is InChI=1S/C13H7Cl2NO3S/c1-18-13(17)10-11(15)16-12(20-10)8-5-6-3-2-4-7(14)9(6)19-8/h2-5H,1H3. The number of aromatic nitrogens is 1. The summed E-state index contributed by atoms with van der Waals surface area (Å²) in [6.07, 6.45) is 0. The van der Waals surface area contributed by atoms with Crippen LogP contribution in [0.5, 0.6) is 0 Å². The van der Waals surface area contributed by atoms with Gasteiger partial charge in [0, 0.05) is 5.39 Å². The molecule has 3 aromatic rings. The Kier molecular flexibility index (Phi) is 3.41. The minimum absolute atomic E-state index is 0.100. The van der Waals surface area contributed by atoms with E-state index in [2.05, 4.69) is 9.72 Å². The molecule has 20 heavy (non-hydrogen) atoms. The molecule has 0 atom stereocenters. The highest BCUT2D eigenvalue weighted by atomic mass is 35.5. The molecule has 2 aromatic heterocycles. The molecule has 0 unspecified atom stereocenters. The lowest BCUT2D eigenvalue weighted by Crippen LogP contribution is -1.98. The number of methoxy groups -OCH3 is 1. The van der Waals surface area contributed by atoms with E-state index in [1.165, 1.54) is 7.11 Å². The number of carbonyl (C=O) groups is 1. The molecule has 102 valence electrons. The van der Waals surface area contributed by atoms with E-state index in [-0.39, 0.29) is 10.0 Å². The second-order valence-corrected chi connectivity index (χ2v) is 5.66. The van der Waals surface area contributed by atoms with Crippen molar-refractivity contribution in [3.8, 4) is 10.8 Å². The Morgan fingerprint density at radius 2 is 2.20 bits per heavy atom. The average molecular weight is 328 g/mol. The molecule has 0 aliphatic rings. The first-order chi connectivity index (χ1) is 9.60. The maximum Gasteiger partial charge on any atom is 0.351 e. The van der Waals surface area contributed by atoms with E-state index in [4.69, 9.17) is 27.6 Å². The fraction of sp³-hybridized carbons (Fsp3) is 0.0769. The number of fused-ring (bicyclic) bond motifs is 1. The smallest absolute Gasteiger partial charge is 0.351 e. The lowest BCUT2D eigenvalue weighted by atomic mass is 10.2. The highest BCUT2D eigenvalue weighted by Gasteiger charge is 2.20. The van der Waals surface area contributed by atoms with E-state index >= 15 is 0 Å². The fourth-order valence-electron chi connectivity index (χ4n) is 1.76. The van der Waals surface area contributed by atoms with Crippen molar-refractivity contribution in [3.05, 3.63) is 39.3 Å². The number of nitrogens with zero attached hydrogens (tertiary/aromatic N) is 1. The summed E-state index contributed by atoms with van der Waals surface area (Å²) in [5.41, 5.74) is 0.579. The van der Waals surface area contributed by atoms with Gasteiger partial charge in [-0.15, -0.1) is 11.3 Å². The molecular formula is C13H7Cl2NO3S. The number of carbonyl (C=O) groups excluding carboxylic acids is 1. The number of benzene rings is 1. The van der Waals surface area contributed by atoms with Crippen molar-refractivity contribution in [2.75, 3.05) is 7.11 Å². The van der Waals surface area contributed by atoms with Crippen molar-refractivity contribution in [1.29, 1.82) is 0 Å². The van der Waals surface area contributed by atoms with Crippen molar-refractivity contribution in [2.45, 2.75) is 0 Å². The molecule has 2 heterocycles. The highest BCUT2D eigenvalue weighted by molar-refractivity contribution is 7.17. The van der Waals surface area contributed by atoms with Gasteiger partial charge in [0.1, 0.15) is 0 Å². The van der Waals surface area contributed by atoms with Gasteiger partial charge in [-0.25, -0.2) is 9.78 Å². The number of rotatable bonds is 2. The molecule has 0 fully saturated rings. The first kappa shape index (κ1) is 13.4. The van der Waals surface area contributed by atoms with E-state index < -0.39 is 5.97 Å². The van der Waals surface area contributed by atoms with Crippen LogP contribution >= 0.6 is 34.5 Å². The van der Waals surface area contributed by atoms with Gasteiger partial charge in [0.05, 0.1) is 12.1 Å². The van der Waals surface area contributed by atoms with Crippen molar-refractivity contribution in [1.82, 2.24) is 4.98 Å². The Morgan fingerprint density at radius 1 is 1.40 bits per heavy atom. The Bertz CT molecular complexity index is 809. The minimum Gasteiger partial charge on any atom is -0.465 e. The summed E-state index contributed by atoms with van der Waals surface area (Å²) in [7, 11) is 1.29. The van der Waals surface area contributed by atoms with Crippen LogP contribution in [0.15, 0.2) is 28.7 Å². The molecule has 0 spiro atoms. The third-order valence-corrected chi connectivity index (χ3v) is 4.40. The molecule has 3 rings (SSSR count). The number of halogens is 2. The zero-order valence-electron chi connectivity index (χ0n) is 10.1. The molecule has 0 amide bonds. The van der Waals surface area contributed by atoms with E-state index in [0.29, 0.717) is 21.4 Å². The molecule has 0 aliphatic heterocycles.